The van der Waals surface area contributed by atoms with E-state index in [1.807, 2.05) is 25.1 Å². The molecule has 2 aromatic carbocycles. The van der Waals surface area contributed by atoms with E-state index in [4.69, 9.17) is 4.74 Å². The highest BCUT2D eigenvalue weighted by Gasteiger charge is 2.18. The third-order valence-electron chi connectivity index (χ3n) is 4.01. The molecule has 1 heterocycles. The van der Waals surface area contributed by atoms with Gasteiger partial charge >= 0.3 is 0 Å². The topological polar surface area (TPSA) is 96.9 Å². The zero-order valence-electron chi connectivity index (χ0n) is 14.9. The summed E-state index contributed by atoms with van der Waals surface area (Å²) < 4.78 is 32.9. The summed E-state index contributed by atoms with van der Waals surface area (Å²) in [6, 6.07) is 13.5. The normalized spacial score (nSPS) is 13.7. The van der Waals surface area contributed by atoms with Crippen molar-refractivity contribution in [2.75, 3.05) is 18.5 Å². The molecule has 0 aromatic heterocycles. The van der Waals surface area contributed by atoms with Gasteiger partial charge in [0.25, 0.3) is 15.9 Å². The van der Waals surface area contributed by atoms with Crippen LogP contribution >= 0.6 is 0 Å². The SMILES string of the molecule is Cc1ccccc1OCC(=O)Nc1cccc(S(=O)(=O)NC2=NCCC2)c1. The number of benzene rings is 2. The first-order valence-corrected chi connectivity index (χ1v) is 10.1. The van der Waals surface area contributed by atoms with Crippen LogP contribution in [0.15, 0.2) is 58.4 Å². The maximum Gasteiger partial charge on any atom is 0.262 e. The highest BCUT2D eigenvalue weighted by Crippen LogP contribution is 2.18. The van der Waals surface area contributed by atoms with Gasteiger partial charge in [-0.15, -0.1) is 0 Å². The number of hydrogen-bond acceptors (Lipinski definition) is 5. The van der Waals surface area contributed by atoms with Crippen LogP contribution in [-0.2, 0) is 14.8 Å². The highest BCUT2D eigenvalue weighted by molar-refractivity contribution is 7.90. The lowest BCUT2D eigenvalue weighted by atomic mass is 10.2. The first-order chi connectivity index (χ1) is 12.9. The van der Waals surface area contributed by atoms with E-state index in [1.54, 1.807) is 18.2 Å². The minimum Gasteiger partial charge on any atom is -0.483 e. The predicted octanol–water partition coefficient (Wildman–Crippen LogP) is 2.48. The van der Waals surface area contributed by atoms with Crippen molar-refractivity contribution < 1.29 is 17.9 Å². The number of aryl methyl sites for hydroxylation is 1. The molecule has 0 aliphatic carbocycles. The molecule has 142 valence electrons. The van der Waals surface area contributed by atoms with Crippen LogP contribution in [0.5, 0.6) is 5.75 Å². The van der Waals surface area contributed by atoms with Gasteiger partial charge < -0.3 is 10.1 Å². The van der Waals surface area contributed by atoms with Crippen molar-refractivity contribution in [1.29, 1.82) is 0 Å². The molecule has 7 nitrogen and oxygen atoms in total. The Labute approximate surface area is 158 Å². The lowest BCUT2D eigenvalue weighted by molar-refractivity contribution is -0.118. The molecule has 2 N–H and O–H groups in total. The lowest BCUT2D eigenvalue weighted by Crippen LogP contribution is -2.29. The fourth-order valence-corrected chi connectivity index (χ4v) is 3.77. The van der Waals surface area contributed by atoms with Crippen LogP contribution in [0, 0.1) is 6.92 Å². The van der Waals surface area contributed by atoms with Crippen molar-refractivity contribution >= 4 is 27.5 Å². The molecule has 0 saturated heterocycles. The molecule has 8 heteroatoms. The minimum absolute atomic E-state index is 0.0646. The summed E-state index contributed by atoms with van der Waals surface area (Å²) in [4.78, 5) is 16.3. The van der Waals surface area contributed by atoms with Crippen LogP contribution in [0.4, 0.5) is 5.69 Å². The summed E-state index contributed by atoms with van der Waals surface area (Å²) in [5.41, 5.74) is 1.31. The molecule has 1 aliphatic rings. The van der Waals surface area contributed by atoms with E-state index in [1.165, 1.54) is 12.1 Å². The number of carbonyl (C=O) groups excluding carboxylic acids is 1. The lowest BCUT2D eigenvalue weighted by Gasteiger charge is -2.11. The van der Waals surface area contributed by atoms with E-state index in [0.717, 1.165) is 12.0 Å². The fraction of sp³-hybridized carbons (Fsp3) is 0.263. The average Bonchev–Trinajstić information content (AvgIpc) is 3.13. The Bertz CT molecular complexity index is 970. The molecule has 1 amide bonds. The number of sulfonamides is 1. The van der Waals surface area contributed by atoms with E-state index < -0.39 is 10.0 Å². The number of nitrogens with one attached hydrogen (secondary N) is 2. The second kappa shape index (κ2) is 8.22. The fourth-order valence-electron chi connectivity index (χ4n) is 2.64. The number of nitrogens with zero attached hydrogens (tertiary/aromatic N) is 1. The van der Waals surface area contributed by atoms with Crippen molar-refractivity contribution in [2.45, 2.75) is 24.7 Å². The second-order valence-corrected chi connectivity index (χ2v) is 7.85. The number of anilines is 1. The molecule has 0 radical (unpaired) electrons. The molecule has 2 aromatic rings. The summed E-state index contributed by atoms with van der Waals surface area (Å²) in [6.07, 6.45) is 1.46. The van der Waals surface area contributed by atoms with Crippen LogP contribution in [0.2, 0.25) is 0 Å². The number of hydrogen-bond donors (Lipinski definition) is 2. The predicted molar refractivity (Wildman–Crippen MR) is 104 cm³/mol. The largest absolute Gasteiger partial charge is 0.483 e. The first-order valence-electron chi connectivity index (χ1n) is 8.58. The minimum atomic E-state index is -3.73. The Hall–Kier alpha value is -2.87. The summed E-state index contributed by atoms with van der Waals surface area (Å²) in [7, 11) is -3.73. The van der Waals surface area contributed by atoms with Gasteiger partial charge in [-0.2, -0.15) is 0 Å². The molecular weight excluding hydrogens is 366 g/mol. The Morgan fingerprint density at radius 2 is 2.00 bits per heavy atom. The van der Waals surface area contributed by atoms with Crippen molar-refractivity contribution in [3.63, 3.8) is 0 Å². The maximum atomic E-state index is 12.4. The van der Waals surface area contributed by atoms with Crippen molar-refractivity contribution in [3.05, 3.63) is 54.1 Å². The Kier molecular flexibility index (Phi) is 5.75. The molecule has 27 heavy (non-hydrogen) atoms. The van der Waals surface area contributed by atoms with E-state index in [-0.39, 0.29) is 17.4 Å². The van der Waals surface area contributed by atoms with Gasteiger partial charge in [0, 0.05) is 18.7 Å². The third kappa shape index (κ3) is 5.07. The second-order valence-electron chi connectivity index (χ2n) is 6.17. The summed E-state index contributed by atoms with van der Waals surface area (Å²) >= 11 is 0. The van der Waals surface area contributed by atoms with Gasteiger partial charge in [-0.3, -0.25) is 14.5 Å². The molecule has 0 saturated carbocycles. The molecule has 0 atom stereocenters. The van der Waals surface area contributed by atoms with E-state index in [2.05, 4.69) is 15.0 Å². The molecule has 3 rings (SSSR count). The van der Waals surface area contributed by atoms with Gasteiger partial charge in [0.2, 0.25) is 0 Å². The Balaban J connectivity index is 1.63. The van der Waals surface area contributed by atoms with Crippen molar-refractivity contribution in [1.82, 2.24) is 4.72 Å². The van der Waals surface area contributed by atoms with Crippen molar-refractivity contribution in [2.24, 2.45) is 4.99 Å². The number of amides is 1. The quantitative estimate of drug-likeness (QED) is 0.796. The van der Waals surface area contributed by atoms with E-state index in [9.17, 15) is 13.2 Å². The van der Waals surface area contributed by atoms with Gasteiger partial charge in [0.1, 0.15) is 11.6 Å². The van der Waals surface area contributed by atoms with Gasteiger partial charge in [0.15, 0.2) is 6.61 Å². The number of aliphatic imine (C=N–C) groups is 1. The number of rotatable bonds is 6. The molecule has 0 fully saturated rings. The van der Waals surface area contributed by atoms with Crippen LogP contribution in [0.3, 0.4) is 0 Å². The van der Waals surface area contributed by atoms with Gasteiger partial charge in [0.05, 0.1) is 4.90 Å². The molecule has 0 spiro atoms. The van der Waals surface area contributed by atoms with Crippen molar-refractivity contribution in [3.8, 4) is 5.75 Å². The zero-order chi connectivity index (χ0) is 19.3. The van der Waals surface area contributed by atoms with Crippen LogP contribution < -0.4 is 14.8 Å². The number of amidine groups is 1. The van der Waals surface area contributed by atoms with Gasteiger partial charge in [-0.25, -0.2) is 8.42 Å². The standard InChI is InChI=1S/C19H21N3O4S/c1-14-6-2-3-9-17(14)26-13-19(23)21-15-7-4-8-16(12-15)27(24,25)22-18-10-5-11-20-18/h2-4,6-9,12H,5,10-11,13H2,1H3,(H,20,22)(H,21,23). The van der Waals surface area contributed by atoms with Crippen LogP contribution in [0.25, 0.3) is 0 Å². The molecule has 1 aliphatic heterocycles. The number of para-hydroxylation sites is 1. The van der Waals surface area contributed by atoms with Gasteiger partial charge in [-0.05, 0) is 43.2 Å². The summed E-state index contributed by atoms with van der Waals surface area (Å²) in [6.45, 7) is 2.36. The monoisotopic (exact) mass is 387 g/mol. The zero-order valence-corrected chi connectivity index (χ0v) is 15.8. The summed E-state index contributed by atoms with van der Waals surface area (Å²) in [5, 5.41) is 2.65. The molecule has 0 bridgehead atoms. The maximum absolute atomic E-state index is 12.4. The van der Waals surface area contributed by atoms with Crippen LogP contribution in [-0.4, -0.2) is 33.3 Å². The first kappa shape index (κ1) is 18.9. The number of ether oxygens (including phenoxy) is 1. The highest BCUT2D eigenvalue weighted by atomic mass is 32.2. The Morgan fingerprint density at radius 3 is 2.74 bits per heavy atom. The van der Waals surface area contributed by atoms with E-state index >= 15 is 0 Å². The number of carbonyl (C=O) groups is 1. The summed E-state index contributed by atoms with van der Waals surface area (Å²) in [5.74, 6) is 0.725. The van der Waals surface area contributed by atoms with Gasteiger partial charge in [-0.1, -0.05) is 24.3 Å². The third-order valence-corrected chi connectivity index (χ3v) is 5.39. The molecular formula is C19H21N3O4S. The van der Waals surface area contributed by atoms with E-state index in [0.29, 0.717) is 30.2 Å². The molecule has 0 unspecified atom stereocenters. The van der Waals surface area contributed by atoms with Crippen LogP contribution in [0.1, 0.15) is 18.4 Å². The average molecular weight is 387 g/mol. The smallest absolute Gasteiger partial charge is 0.262 e. The Morgan fingerprint density at radius 1 is 1.19 bits per heavy atom.